The van der Waals surface area contributed by atoms with Gasteiger partial charge in [-0.2, -0.15) is 0 Å². The number of nitrogens with zero attached hydrogens (tertiary/aromatic N) is 2. The summed E-state index contributed by atoms with van der Waals surface area (Å²) >= 11 is 0. The van der Waals surface area contributed by atoms with Gasteiger partial charge >= 0.3 is 0 Å². The lowest BCUT2D eigenvalue weighted by Crippen LogP contribution is -3.00. The van der Waals surface area contributed by atoms with Crippen LogP contribution in [-0.4, -0.2) is 21.3 Å². The summed E-state index contributed by atoms with van der Waals surface area (Å²) in [5.74, 6) is 1.07. The number of halogens is 1. The van der Waals surface area contributed by atoms with Crippen LogP contribution in [0.15, 0.2) is 4.42 Å². The van der Waals surface area contributed by atoms with Crippen LogP contribution in [0.1, 0.15) is 52.5 Å². The Hall–Kier alpha value is -0.650. The molecule has 1 unspecified atom stereocenters. The van der Waals surface area contributed by atoms with Crippen molar-refractivity contribution in [2.45, 2.75) is 52.2 Å². The highest BCUT2D eigenvalue weighted by Gasteiger charge is 2.30. The Morgan fingerprint density at radius 3 is 2.12 bits per heavy atom. The van der Waals surface area contributed by atoms with E-state index in [0.29, 0.717) is 5.89 Å². The van der Waals surface area contributed by atoms with E-state index in [1.807, 2.05) is 34.6 Å². The number of aromatic nitrogens is 2. The quantitative estimate of drug-likeness (QED) is 0.641. The van der Waals surface area contributed by atoms with Crippen molar-refractivity contribution >= 4 is 0 Å². The van der Waals surface area contributed by atoms with Gasteiger partial charge in [0.05, 0.1) is 0 Å². The summed E-state index contributed by atoms with van der Waals surface area (Å²) in [6.45, 7) is 9.96. The molecule has 1 heterocycles. The molecule has 0 radical (unpaired) electrons. The molecule has 0 spiro atoms. The topological polar surface area (TPSA) is 86.8 Å². The molecule has 1 rings (SSSR count). The van der Waals surface area contributed by atoms with Crippen molar-refractivity contribution in [2.24, 2.45) is 5.92 Å². The SMILES string of the molecule is CC(C)[C@@H]([NH3+])C(O)c1nnc(C(C)(C)C)o1.[Cl-]. The van der Waals surface area contributed by atoms with Gasteiger partial charge in [-0.05, 0) is 0 Å². The molecule has 0 aliphatic carbocycles. The molecule has 0 fully saturated rings. The fourth-order valence-corrected chi connectivity index (χ4v) is 1.20. The molecule has 0 amide bonds. The Bertz CT molecular complexity index is 347. The molecule has 0 aliphatic rings. The van der Waals surface area contributed by atoms with Crippen molar-refractivity contribution in [1.82, 2.24) is 10.2 Å². The van der Waals surface area contributed by atoms with E-state index < -0.39 is 6.10 Å². The molecule has 0 aromatic carbocycles. The van der Waals surface area contributed by atoms with Crippen molar-refractivity contribution in [3.05, 3.63) is 11.8 Å². The predicted octanol–water partition coefficient (Wildman–Crippen LogP) is -2.33. The van der Waals surface area contributed by atoms with Crippen molar-refractivity contribution < 1.29 is 27.7 Å². The number of quaternary nitrogens is 1. The van der Waals surface area contributed by atoms with Gasteiger partial charge in [0.25, 0.3) is 5.89 Å². The van der Waals surface area contributed by atoms with Crippen LogP contribution in [0.25, 0.3) is 0 Å². The maximum Gasteiger partial charge on any atom is 0.251 e. The molecule has 6 heteroatoms. The summed E-state index contributed by atoms with van der Waals surface area (Å²) in [6.07, 6.45) is -0.788. The van der Waals surface area contributed by atoms with Gasteiger partial charge in [-0.1, -0.05) is 34.6 Å². The van der Waals surface area contributed by atoms with E-state index >= 15 is 0 Å². The second kappa shape index (κ2) is 5.80. The Morgan fingerprint density at radius 2 is 1.76 bits per heavy atom. The van der Waals surface area contributed by atoms with Gasteiger partial charge in [-0.3, -0.25) is 0 Å². The highest BCUT2D eigenvalue weighted by molar-refractivity contribution is 4.98. The molecule has 4 N–H and O–H groups in total. The second-order valence-electron chi connectivity index (χ2n) is 5.55. The third kappa shape index (κ3) is 3.94. The molecule has 100 valence electrons. The number of hydrogen-bond donors (Lipinski definition) is 2. The lowest BCUT2D eigenvalue weighted by Gasteiger charge is -2.16. The maximum absolute atomic E-state index is 9.98. The minimum absolute atomic E-state index is 0. The van der Waals surface area contributed by atoms with Crippen molar-refractivity contribution in [2.75, 3.05) is 0 Å². The monoisotopic (exact) mass is 263 g/mol. The van der Waals surface area contributed by atoms with Gasteiger partial charge < -0.3 is 27.7 Å². The normalized spacial score (nSPS) is 15.5. The number of aliphatic hydroxyl groups excluding tert-OH is 1. The molecule has 5 nitrogen and oxygen atoms in total. The Morgan fingerprint density at radius 1 is 1.24 bits per heavy atom. The maximum atomic E-state index is 9.98. The predicted molar refractivity (Wildman–Crippen MR) is 59.5 cm³/mol. The summed E-state index contributed by atoms with van der Waals surface area (Å²) in [5.41, 5.74) is 3.71. The zero-order valence-corrected chi connectivity index (χ0v) is 11.8. The molecule has 1 aromatic rings. The zero-order valence-electron chi connectivity index (χ0n) is 11.1. The molecule has 0 aliphatic heterocycles. The summed E-state index contributed by atoms with van der Waals surface area (Å²) in [7, 11) is 0. The highest BCUT2D eigenvalue weighted by Crippen LogP contribution is 2.24. The number of aliphatic hydroxyl groups is 1. The Balaban J connectivity index is 0.00000256. The van der Waals surface area contributed by atoms with Crippen LogP contribution in [0, 0.1) is 5.92 Å². The first-order chi connectivity index (χ1) is 7.23. The third-order valence-electron chi connectivity index (χ3n) is 2.60. The van der Waals surface area contributed by atoms with E-state index in [2.05, 4.69) is 15.9 Å². The lowest BCUT2D eigenvalue weighted by atomic mass is 9.97. The molecule has 0 bridgehead atoms. The summed E-state index contributed by atoms with van der Waals surface area (Å²) < 4.78 is 5.47. The summed E-state index contributed by atoms with van der Waals surface area (Å²) in [5, 5.41) is 17.8. The molecule has 1 aromatic heterocycles. The van der Waals surface area contributed by atoms with E-state index in [9.17, 15) is 5.11 Å². The van der Waals surface area contributed by atoms with E-state index in [0.717, 1.165) is 0 Å². The second-order valence-corrected chi connectivity index (χ2v) is 5.55. The fourth-order valence-electron chi connectivity index (χ4n) is 1.20. The van der Waals surface area contributed by atoms with Crippen molar-refractivity contribution in [3.63, 3.8) is 0 Å². The van der Waals surface area contributed by atoms with Gasteiger partial charge in [0.2, 0.25) is 5.89 Å². The van der Waals surface area contributed by atoms with Gasteiger partial charge in [-0.15, -0.1) is 10.2 Å². The van der Waals surface area contributed by atoms with Gasteiger partial charge in [0.15, 0.2) is 6.10 Å². The van der Waals surface area contributed by atoms with Crippen LogP contribution in [0.2, 0.25) is 0 Å². The average molecular weight is 264 g/mol. The molecule has 0 saturated carbocycles. The van der Waals surface area contributed by atoms with E-state index in [1.54, 1.807) is 0 Å². The van der Waals surface area contributed by atoms with E-state index in [4.69, 9.17) is 4.42 Å². The third-order valence-corrected chi connectivity index (χ3v) is 2.60. The zero-order chi connectivity index (χ0) is 12.5. The van der Waals surface area contributed by atoms with Crippen LogP contribution in [0.3, 0.4) is 0 Å². The molecular formula is C11H22ClN3O2. The van der Waals surface area contributed by atoms with Crippen LogP contribution in [0.5, 0.6) is 0 Å². The first-order valence-electron chi connectivity index (χ1n) is 5.58. The molecule has 17 heavy (non-hydrogen) atoms. The first-order valence-corrected chi connectivity index (χ1v) is 5.58. The highest BCUT2D eigenvalue weighted by atomic mass is 35.5. The van der Waals surface area contributed by atoms with Crippen molar-refractivity contribution in [3.8, 4) is 0 Å². The van der Waals surface area contributed by atoms with Gasteiger partial charge in [0, 0.05) is 11.3 Å². The fraction of sp³-hybridized carbons (Fsp3) is 0.818. The Labute approximate surface area is 108 Å². The van der Waals surface area contributed by atoms with Gasteiger partial charge in [-0.25, -0.2) is 0 Å². The van der Waals surface area contributed by atoms with Crippen LogP contribution >= 0.6 is 0 Å². The standard InChI is InChI=1S/C11H21N3O2.ClH/c1-6(2)7(12)8(15)9-13-14-10(16-9)11(3,4)5;/h6-8,15H,12H2,1-5H3;1H/t7-,8?;/m1./s1. The number of hydrogen-bond acceptors (Lipinski definition) is 4. The van der Waals surface area contributed by atoms with Crippen LogP contribution in [-0.2, 0) is 5.41 Å². The van der Waals surface area contributed by atoms with E-state index in [-0.39, 0.29) is 35.7 Å². The minimum Gasteiger partial charge on any atom is -1.00 e. The first kappa shape index (κ1) is 16.4. The minimum atomic E-state index is -0.788. The Kier molecular flexibility index (Phi) is 5.58. The van der Waals surface area contributed by atoms with Crippen LogP contribution < -0.4 is 18.1 Å². The molecular weight excluding hydrogens is 242 g/mol. The average Bonchev–Trinajstić information content (AvgIpc) is 2.63. The van der Waals surface area contributed by atoms with Crippen LogP contribution in [0.4, 0.5) is 0 Å². The smallest absolute Gasteiger partial charge is 0.251 e. The van der Waals surface area contributed by atoms with Gasteiger partial charge in [0.1, 0.15) is 6.04 Å². The van der Waals surface area contributed by atoms with E-state index in [1.165, 1.54) is 0 Å². The van der Waals surface area contributed by atoms with Crippen molar-refractivity contribution in [1.29, 1.82) is 0 Å². The lowest BCUT2D eigenvalue weighted by molar-refractivity contribution is -0.451. The molecule has 0 saturated heterocycles. The summed E-state index contributed by atoms with van der Waals surface area (Å²) in [6, 6.07) is -0.145. The largest absolute Gasteiger partial charge is 1.00 e. The number of rotatable bonds is 3. The molecule has 2 atom stereocenters. The summed E-state index contributed by atoms with van der Waals surface area (Å²) in [4.78, 5) is 0.